The van der Waals surface area contributed by atoms with Gasteiger partial charge in [-0.25, -0.2) is 14.6 Å². The van der Waals surface area contributed by atoms with E-state index in [2.05, 4.69) is 22.0 Å². The predicted molar refractivity (Wildman–Crippen MR) is 102 cm³/mol. The Balaban J connectivity index is 1.54. The Morgan fingerprint density at radius 2 is 2.08 bits per heavy atom. The summed E-state index contributed by atoms with van der Waals surface area (Å²) in [5.41, 5.74) is 1.71. The number of carbonyl (C=O) groups excluding carboxylic acids is 1. The molecule has 0 bridgehead atoms. The van der Waals surface area contributed by atoms with Crippen molar-refractivity contribution >= 4 is 28.7 Å². The third-order valence-electron chi connectivity index (χ3n) is 4.79. The molecule has 1 amide bonds. The summed E-state index contributed by atoms with van der Waals surface area (Å²) in [7, 11) is 0. The normalized spacial score (nSPS) is 17.6. The second-order valence-corrected chi connectivity index (χ2v) is 7.49. The van der Waals surface area contributed by atoms with Gasteiger partial charge in [0.2, 0.25) is 5.91 Å². The van der Waals surface area contributed by atoms with Gasteiger partial charge in [-0.05, 0) is 38.3 Å². The number of carbonyl (C=O) groups is 1. The second kappa shape index (κ2) is 7.45. The predicted octanol–water partition coefficient (Wildman–Crippen LogP) is 3.31. The van der Waals surface area contributed by atoms with Gasteiger partial charge in [0.15, 0.2) is 5.65 Å². The van der Waals surface area contributed by atoms with Crippen molar-refractivity contribution in [2.24, 2.45) is 0 Å². The van der Waals surface area contributed by atoms with Crippen LogP contribution in [-0.2, 0) is 4.79 Å². The molecule has 6 nitrogen and oxygen atoms in total. The molecule has 1 aliphatic rings. The van der Waals surface area contributed by atoms with Crippen LogP contribution < -0.4 is 0 Å². The van der Waals surface area contributed by atoms with Gasteiger partial charge in [-0.1, -0.05) is 30.0 Å². The minimum Gasteiger partial charge on any atom is -0.339 e. The van der Waals surface area contributed by atoms with Gasteiger partial charge in [0.1, 0.15) is 11.4 Å². The Hall–Kier alpha value is -2.41. The van der Waals surface area contributed by atoms with E-state index >= 15 is 0 Å². The fourth-order valence-electron chi connectivity index (χ4n) is 3.38. The molecule has 2 aromatic heterocycles. The van der Waals surface area contributed by atoms with E-state index in [4.69, 9.17) is 0 Å². The van der Waals surface area contributed by atoms with Gasteiger partial charge in [0.25, 0.3) is 0 Å². The minimum atomic E-state index is 0.185. The Morgan fingerprint density at radius 3 is 2.88 bits per heavy atom. The lowest BCUT2D eigenvalue weighted by atomic mass is 10.0. The summed E-state index contributed by atoms with van der Waals surface area (Å²) in [4.78, 5) is 23.4. The maximum Gasteiger partial charge on any atom is 0.233 e. The van der Waals surface area contributed by atoms with Gasteiger partial charge in [-0.3, -0.25) is 4.79 Å². The molecule has 3 heterocycles. The van der Waals surface area contributed by atoms with Crippen LogP contribution in [0.3, 0.4) is 0 Å². The number of amides is 1. The number of nitrogens with zero attached hydrogens (tertiary/aromatic N) is 5. The highest BCUT2D eigenvalue weighted by atomic mass is 32.2. The van der Waals surface area contributed by atoms with Crippen LogP contribution in [0.1, 0.15) is 26.2 Å². The SMILES string of the molecule is C[C@@H]1CCCCN1C(=O)CSc1ncnc2c1cnn2-c1ccccc1. The van der Waals surface area contributed by atoms with Crippen LogP contribution in [0.5, 0.6) is 0 Å². The van der Waals surface area contributed by atoms with Crippen LogP contribution in [0.25, 0.3) is 16.7 Å². The Kier molecular flexibility index (Phi) is 4.88. The fraction of sp³-hybridized carbons (Fsp3) is 0.368. The molecule has 0 saturated carbocycles. The first-order valence-corrected chi connectivity index (χ1v) is 9.89. The van der Waals surface area contributed by atoms with Gasteiger partial charge >= 0.3 is 0 Å². The number of hydrogen-bond donors (Lipinski definition) is 0. The van der Waals surface area contributed by atoms with E-state index in [0.29, 0.717) is 11.8 Å². The number of hydrogen-bond acceptors (Lipinski definition) is 5. The van der Waals surface area contributed by atoms with Crippen molar-refractivity contribution in [1.82, 2.24) is 24.6 Å². The summed E-state index contributed by atoms with van der Waals surface area (Å²) >= 11 is 1.47. The van der Waals surface area contributed by atoms with Gasteiger partial charge < -0.3 is 4.90 Å². The van der Waals surface area contributed by atoms with Crippen LogP contribution in [0.15, 0.2) is 47.9 Å². The van der Waals surface area contributed by atoms with Crippen LogP contribution in [0, 0.1) is 0 Å². The molecule has 0 spiro atoms. The number of likely N-dealkylation sites (tertiary alicyclic amines) is 1. The monoisotopic (exact) mass is 367 g/mol. The zero-order valence-electron chi connectivity index (χ0n) is 14.7. The Bertz CT molecular complexity index is 911. The molecule has 1 aliphatic heterocycles. The largest absolute Gasteiger partial charge is 0.339 e. The first-order valence-electron chi connectivity index (χ1n) is 8.90. The molecule has 3 aromatic rings. The van der Waals surface area contributed by atoms with Crippen LogP contribution in [-0.4, -0.2) is 48.9 Å². The molecule has 0 N–H and O–H groups in total. The first-order chi connectivity index (χ1) is 12.7. The van der Waals surface area contributed by atoms with E-state index < -0.39 is 0 Å². The summed E-state index contributed by atoms with van der Waals surface area (Å²) in [6.07, 6.45) is 6.72. The highest BCUT2D eigenvalue weighted by Crippen LogP contribution is 2.27. The van der Waals surface area contributed by atoms with E-state index in [-0.39, 0.29) is 5.91 Å². The molecule has 0 unspecified atom stereocenters. The zero-order valence-corrected chi connectivity index (χ0v) is 15.5. The topological polar surface area (TPSA) is 63.9 Å². The lowest BCUT2D eigenvalue weighted by Crippen LogP contribution is -2.42. The number of fused-ring (bicyclic) bond motifs is 1. The van der Waals surface area contributed by atoms with Crippen LogP contribution in [0.2, 0.25) is 0 Å². The van der Waals surface area contributed by atoms with E-state index in [1.807, 2.05) is 35.2 Å². The molecular weight excluding hydrogens is 346 g/mol. The van der Waals surface area contributed by atoms with Crippen molar-refractivity contribution in [1.29, 1.82) is 0 Å². The van der Waals surface area contributed by atoms with E-state index in [0.717, 1.165) is 41.1 Å². The smallest absolute Gasteiger partial charge is 0.233 e. The van der Waals surface area contributed by atoms with Crippen LogP contribution in [0.4, 0.5) is 0 Å². The summed E-state index contributed by atoms with van der Waals surface area (Å²) in [6.45, 7) is 3.00. The number of thioether (sulfide) groups is 1. The van der Waals surface area contributed by atoms with Crippen molar-refractivity contribution in [3.8, 4) is 5.69 Å². The van der Waals surface area contributed by atoms with E-state index in [1.54, 1.807) is 17.2 Å². The lowest BCUT2D eigenvalue weighted by molar-refractivity contribution is -0.131. The summed E-state index contributed by atoms with van der Waals surface area (Å²) in [6, 6.07) is 10.2. The molecule has 4 rings (SSSR count). The van der Waals surface area contributed by atoms with Gasteiger partial charge in [0.05, 0.1) is 23.0 Å². The maximum absolute atomic E-state index is 12.6. The maximum atomic E-state index is 12.6. The number of piperidine rings is 1. The number of aromatic nitrogens is 4. The minimum absolute atomic E-state index is 0.185. The Labute approximate surface area is 156 Å². The average Bonchev–Trinajstić information content (AvgIpc) is 3.12. The molecule has 134 valence electrons. The van der Waals surface area contributed by atoms with Crippen LogP contribution >= 0.6 is 11.8 Å². The highest BCUT2D eigenvalue weighted by Gasteiger charge is 2.23. The van der Waals surface area contributed by atoms with Crippen molar-refractivity contribution in [3.63, 3.8) is 0 Å². The molecule has 26 heavy (non-hydrogen) atoms. The molecule has 0 radical (unpaired) electrons. The highest BCUT2D eigenvalue weighted by molar-refractivity contribution is 8.00. The number of rotatable bonds is 4. The molecule has 1 saturated heterocycles. The summed E-state index contributed by atoms with van der Waals surface area (Å²) in [5, 5.41) is 6.14. The van der Waals surface area contributed by atoms with Crippen molar-refractivity contribution in [2.75, 3.05) is 12.3 Å². The first kappa shape index (κ1) is 17.0. The second-order valence-electron chi connectivity index (χ2n) is 6.53. The summed E-state index contributed by atoms with van der Waals surface area (Å²) in [5.74, 6) is 0.580. The third kappa shape index (κ3) is 3.31. The standard InChI is InChI=1S/C19H21N5OS/c1-14-7-5-6-10-23(14)17(25)12-26-19-16-11-22-24(18(16)20-13-21-19)15-8-3-2-4-9-15/h2-4,8-9,11,13-14H,5-7,10,12H2,1H3/t14-/m1/s1. The quantitative estimate of drug-likeness (QED) is 0.523. The van der Waals surface area contributed by atoms with Gasteiger partial charge in [-0.2, -0.15) is 5.10 Å². The van der Waals surface area contributed by atoms with E-state index in [1.165, 1.54) is 18.2 Å². The zero-order chi connectivity index (χ0) is 17.9. The van der Waals surface area contributed by atoms with Gasteiger partial charge in [-0.15, -0.1) is 0 Å². The van der Waals surface area contributed by atoms with Crippen molar-refractivity contribution < 1.29 is 4.79 Å². The average molecular weight is 367 g/mol. The molecule has 1 atom stereocenters. The Morgan fingerprint density at radius 1 is 1.23 bits per heavy atom. The van der Waals surface area contributed by atoms with Gasteiger partial charge in [0, 0.05) is 12.6 Å². The van der Waals surface area contributed by atoms with Crippen molar-refractivity contribution in [2.45, 2.75) is 37.3 Å². The van der Waals surface area contributed by atoms with Crippen molar-refractivity contribution in [3.05, 3.63) is 42.9 Å². The fourth-order valence-corrected chi connectivity index (χ4v) is 4.22. The number of benzene rings is 1. The molecule has 1 aromatic carbocycles. The molecular formula is C19H21N5OS. The summed E-state index contributed by atoms with van der Waals surface area (Å²) < 4.78 is 1.80. The third-order valence-corrected chi connectivity index (χ3v) is 5.78. The molecule has 1 fully saturated rings. The molecule has 0 aliphatic carbocycles. The molecule has 7 heteroatoms. The lowest BCUT2D eigenvalue weighted by Gasteiger charge is -2.33. The van der Waals surface area contributed by atoms with E-state index in [9.17, 15) is 4.79 Å². The number of para-hydroxylation sites is 1.